The maximum absolute atomic E-state index is 12.2. The molecule has 0 aliphatic carbocycles. The van der Waals surface area contributed by atoms with Crippen LogP contribution in [0.3, 0.4) is 0 Å². The van der Waals surface area contributed by atoms with Gasteiger partial charge in [-0.1, -0.05) is 48.5 Å². The second-order valence-corrected chi connectivity index (χ2v) is 7.64. The Bertz CT molecular complexity index is 926. The van der Waals surface area contributed by atoms with Gasteiger partial charge in [-0.05, 0) is 42.0 Å². The third kappa shape index (κ3) is 3.63. The van der Waals surface area contributed by atoms with Gasteiger partial charge >= 0.3 is 5.97 Å². The Labute approximate surface area is 152 Å². The van der Waals surface area contributed by atoms with E-state index in [2.05, 4.69) is 0 Å². The molecule has 5 nitrogen and oxygen atoms in total. The first-order valence-electron chi connectivity index (χ1n) is 7.89. The van der Waals surface area contributed by atoms with E-state index in [9.17, 15) is 14.9 Å². The van der Waals surface area contributed by atoms with Crippen molar-refractivity contribution in [2.45, 2.75) is 0 Å². The van der Waals surface area contributed by atoms with Crippen molar-refractivity contribution in [1.29, 1.82) is 0 Å². The van der Waals surface area contributed by atoms with E-state index in [1.807, 2.05) is 42.5 Å². The molecule has 0 radical (unpaired) electrons. The summed E-state index contributed by atoms with van der Waals surface area (Å²) in [5, 5.41) is 13.8. The van der Waals surface area contributed by atoms with Gasteiger partial charge in [-0.2, -0.15) is 0 Å². The lowest BCUT2D eigenvalue weighted by Gasteiger charge is -2.21. The number of nitro groups is 1. The van der Waals surface area contributed by atoms with Crippen molar-refractivity contribution >= 4 is 35.5 Å². The monoisotopic (exact) mass is 365 g/mol. The van der Waals surface area contributed by atoms with Crippen LogP contribution in [0.1, 0.15) is 10.4 Å². The Hall–Kier alpha value is -3.04. The fourth-order valence-corrected chi connectivity index (χ4v) is 5.09. The summed E-state index contributed by atoms with van der Waals surface area (Å²) in [7, 11) is 0.297. The van der Waals surface area contributed by atoms with Crippen molar-refractivity contribution in [3.8, 4) is 0 Å². The van der Waals surface area contributed by atoms with Gasteiger partial charge in [-0.3, -0.25) is 10.1 Å². The Kier molecular flexibility index (Phi) is 5.40. The molecule has 0 amide bonds. The number of carbonyl (C=O) groups is 1. The molecule has 0 aliphatic rings. The second kappa shape index (κ2) is 7.89. The van der Waals surface area contributed by atoms with E-state index in [0.29, 0.717) is 5.56 Å². The predicted molar refractivity (Wildman–Crippen MR) is 103 cm³/mol. The maximum Gasteiger partial charge on any atom is 0.338 e. The van der Waals surface area contributed by atoms with E-state index in [0.717, 1.165) is 15.9 Å². The number of rotatable bonds is 5. The smallest absolute Gasteiger partial charge is 0.338 e. The van der Waals surface area contributed by atoms with Gasteiger partial charge in [0, 0.05) is 12.1 Å². The minimum Gasteiger partial charge on any atom is -0.465 e. The van der Waals surface area contributed by atoms with Gasteiger partial charge in [0.15, 0.2) is 0 Å². The van der Waals surface area contributed by atoms with Crippen LogP contribution in [0.2, 0.25) is 0 Å². The van der Waals surface area contributed by atoms with Crippen LogP contribution in [-0.4, -0.2) is 18.0 Å². The summed E-state index contributed by atoms with van der Waals surface area (Å²) in [6, 6.07) is 23.6. The number of methoxy groups -OCH3 is 1. The summed E-state index contributed by atoms with van der Waals surface area (Å²) in [4.78, 5) is 22.8. The minimum absolute atomic E-state index is 0.0398. The van der Waals surface area contributed by atoms with Crippen LogP contribution in [-0.2, 0) is 4.74 Å². The number of ether oxygens (including phenoxy) is 1. The van der Waals surface area contributed by atoms with Crippen LogP contribution >= 0.6 is 7.92 Å². The topological polar surface area (TPSA) is 69.4 Å². The molecular weight excluding hydrogens is 349 g/mol. The molecule has 6 heteroatoms. The molecule has 26 heavy (non-hydrogen) atoms. The number of hydrogen-bond donors (Lipinski definition) is 0. The highest BCUT2D eigenvalue weighted by atomic mass is 31.1. The first-order valence-corrected chi connectivity index (χ1v) is 9.23. The van der Waals surface area contributed by atoms with Crippen molar-refractivity contribution in [2.24, 2.45) is 0 Å². The standard InChI is InChI=1S/C20H16NO4P/c1-25-20(22)18-9-5-6-10-19(18)26(16-7-3-2-4-8-16)17-13-11-15(12-14-17)21(23)24/h2-14H,1H3. The highest BCUT2D eigenvalue weighted by Gasteiger charge is 2.23. The van der Waals surface area contributed by atoms with Gasteiger partial charge in [0.1, 0.15) is 0 Å². The first-order chi connectivity index (χ1) is 12.6. The molecule has 0 fully saturated rings. The summed E-state index contributed by atoms with van der Waals surface area (Å²) in [6.45, 7) is 0. The van der Waals surface area contributed by atoms with Crippen molar-refractivity contribution < 1.29 is 14.5 Å². The summed E-state index contributed by atoms with van der Waals surface area (Å²) in [5.74, 6) is -0.397. The van der Waals surface area contributed by atoms with Crippen molar-refractivity contribution in [3.63, 3.8) is 0 Å². The Morgan fingerprint density at radius 2 is 1.46 bits per heavy atom. The fourth-order valence-electron chi connectivity index (χ4n) is 2.68. The molecule has 0 aliphatic heterocycles. The molecule has 3 aromatic carbocycles. The molecule has 0 saturated heterocycles. The number of nitro benzene ring substituents is 1. The molecule has 0 N–H and O–H groups in total. The molecule has 3 rings (SSSR count). The molecule has 1 unspecified atom stereocenters. The molecule has 0 heterocycles. The second-order valence-electron chi connectivity index (χ2n) is 5.45. The zero-order valence-electron chi connectivity index (χ0n) is 14.0. The third-order valence-corrected chi connectivity index (χ3v) is 6.38. The highest BCUT2D eigenvalue weighted by Crippen LogP contribution is 2.34. The molecule has 0 spiro atoms. The van der Waals surface area contributed by atoms with Gasteiger partial charge in [0.2, 0.25) is 0 Å². The van der Waals surface area contributed by atoms with Crippen LogP contribution in [0.15, 0.2) is 78.9 Å². The summed E-state index contributed by atoms with van der Waals surface area (Å²) < 4.78 is 4.93. The van der Waals surface area contributed by atoms with E-state index < -0.39 is 18.8 Å². The summed E-state index contributed by atoms with van der Waals surface area (Å²) in [5.41, 5.74) is 0.543. The van der Waals surface area contributed by atoms with Gasteiger partial charge in [0.25, 0.3) is 5.69 Å². The van der Waals surface area contributed by atoms with Crippen molar-refractivity contribution in [3.05, 3.63) is 94.5 Å². The lowest BCUT2D eigenvalue weighted by molar-refractivity contribution is -0.384. The fraction of sp³-hybridized carbons (Fsp3) is 0.0500. The normalized spacial score (nSPS) is 11.6. The average Bonchev–Trinajstić information content (AvgIpc) is 2.69. The van der Waals surface area contributed by atoms with Crippen LogP contribution in [0, 0.1) is 10.1 Å². The number of hydrogen-bond acceptors (Lipinski definition) is 4. The van der Waals surface area contributed by atoms with Gasteiger partial charge < -0.3 is 4.74 Å². The zero-order valence-corrected chi connectivity index (χ0v) is 14.9. The van der Waals surface area contributed by atoms with Gasteiger partial charge in [-0.15, -0.1) is 0 Å². The van der Waals surface area contributed by atoms with Crippen LogP contribution in [0.5, 0.6) is 0 Å². The Balaban J connectivity index is 2.17. The summed E-state index contributed by atoms with van der Waals surface area (Å²) >= 11 is 0. The molecule has 0 saturated carbocycles. The van der Waals surface area contributed by atoms with E-state index in [-0.39, 0.29) is 5.69 Å². The van der Waals surface area contributed by atoms with E-state index in [4.69, 9.17) is 4.74 Å². The average molecular weight is 365 g/mol. The van der Waals surface area contributed by atoms with Crippen LogP contribution < -0.4 is 15.9 Å². The van der Waals surface area contributed by atoms with Crippen LogP contribution in [0.25, 0.3) is 0 Å². The highest BCUT2D eigenvalue weighted by molar-refractivity contribution is 7.80. The lowest BCUT2D eigenvalue weighted by atomic mass is 10.2. The zero-order chi connectivity index (χ0) is 18.5. The quantitative estimate of drug-likeness (QED) is 0.301. The van der Waals surface area contributed by atoms with E-state index in [1.165, 1.54) is 19.2 Å². The SMILES string of the molecule is COC(=O)c1ccccc1P(c1ccccc1)c1ccc([N+](=O)[O-])cc1. The molecule has 1 atom stereocenters. The van der Waals surface area contributed by atoms with Crippen molar-refractivity contribution in [1.82, 2.24) is 0 Å². The number of nitrogens with zero attached hydrogens (tertiary/aromatic N) is 1. The molecule has 0 bridgehead atoms. The third-order valence-electron chi connectivity index (χ3n) is 3.88. The Morgan fingerprint density at radius 3 is 2.08 bits per heavy atom. The lowest BCUT2D eigenvalue weighted by Crippen LogP contribution is -2.25. The van der Waals surface area contributed by atoms with Crippen LogP contribution in [0.4, 0.5) is 5.69 Å². The number of carbonyl (C=O) groups excluding carboxylic acids is 1. The van der Waals surface area contributed by atoms with Crippen molar-refractivity contribution in [2.75, 3.05) is 7.11 Å². The minimum atomic E-state index is -1.06. The molecule has 0 aromatic heterocycles. The molecule has 3 aromatic rings. The van der Waals surface area contributed by atoms with Gasteiger partial charge in [0.05, 0.1) is 17.6 Å². The largest absolute Gasteiger partial charge is 0.465 e. The van der Waals surface area contributed by atoms with E-state index >= 15 is 0 Å². The predicted octanol–water partition coefficient (Wildman–Crippen LogP) is 3.14. The van der Waals surface area contributed by atoms with Gasteiger partial charge in [-0.25, -0.2) is 4.79 Å². The molecule has 130 valence electrons. The number of esters is 1. The number of benzene rings is 3. The summed E-state index contributed by atoms with van der Waals surface area (Å²) in [6.07, 6.45) is 0. The maximum atomic E-state index is 12.2. The van der Waals surface area contributed by atoms with E-state index in [1.54, 1.807) is 24.3 Å². The molecular formula is C20H16NO4P. The first kappa shape index (κ1) is 17.8. The number of non-ortho nitro benzene ring substituents is 1. The Morgan fingerprint density at radius 1 is 0.885 bits per heavy atom.